The summed E-state index contributed by atoms with van der Waals surface area (Å²) in [5, 5.41) is 14.1. The second-order valence-electron chi connectivity index (χ2n) is 9.06. The lowest BCUT2D eigenvalue weighted by Gasteiger charge is -2.12. The molecule has 8 nitrogen and oxygen atoms in total. The summed E-state index contributed by atoms with van der Waals surface area (Å²) < 4.78 is 13.3. The number of hydrogen-bond donors (Lipinski definition) is 5. The number of halogens is 1. The summed E-state index contributed by atoms with van der Waals surface area (Å²) in [7, 11) is 0. The van der Waals surface area contributed by atoms with Gasteiger partial charge in [-0.05, 0) is 68.4 Å². The van der Waals surface area contributed by atoms with Crippen LogP contribution in [0.5, 0.6) is 0 Å². The predicted molar refractivity (Wildman–Crippen MR) is 146 cm³/mol. The van der Waals surface area contributed by atoms with Crippen LogP contribution in [0.3, 0.4) is 0 Å². The Bertz CT molecular complexity index is 1550. The molecular weight excluding hydrogens is 469 g/mol. The number of nitrogens with two attached hydrogens (primary N) is 1. The zero-order chi connectivity index (χ0) is 25.6. The third kappa shape index (κ3) is 5.84. The van der Waals surface area contributed by atoms with E-state index in [1.807, 2.05) is 24.4 Å². The van der Waals surface area contributed by atoms with Crippen LogP contribution >= 0.6 is 0 Å². The predicted octanol–water partition coefficient (Wildman–Crippen LogP) is 4.07. The maximum Gasteiger partial charge on any atom is 0.248 e. The average Bonchev–Trinajstić information content (AvgIpc) is 3.31. The molecule has 3 heterocycles. The first-order chi connectivity index (χ1) is 18.1. The first-order valence-corrected chi connectivity index (χ1v) is 12.5. The van der Waals surface area contributed by atoms with Crippen LogP contribution in [0.2, 0.25) is 0 Å². The maximum absolute atomic E-state index is 13.3. The first kappa shape index (κ1) is 24.6. The number of primary amides is 1. The fourth-order valence-electron chi connectivity index (χ4n) is 4.51. The topological polar surface area (TPSA) is 121 Å². The van der Waals surface area contributed by atoms with Gasteiger partial charge in [0.05, 0.1) is 5.52 Å². The Labute approximate surface area is 213 Å². The lowest BCUT2D eigenvalue weighted by Crippen LogP contribution is -2.24. The summed E-state index contributed by atoms with van der Waals surface area (Å²) in [6, 6.07) is 14.0. The summed E-state index contributed by atoms with van der Waals surface area (Å²) in [4.78, 5) is 23.9. The molecule has 0 fully saturated rings. The monoisotopic (exact) mass is 499 g/mol. The molecule has 0 spiro atoms. The highest BCUT2D eigenvalue weighted by molar-refractivity contribution is 6.11. The number of hydrogen-bond acceptors (Lipinski definition) is 6. The average molecular weight is 500 g/mol. The summed E-state index contributed by atoms with van der Waals surface area (Å²) in [5.41, 5.74) is 8.60. The fourth-order valence-corrected chi connectivity index (χ4v) is 4.51. The number of carbonyl (C=O) groups is 1. The van der Waals surface area contributed by atoms with E-state index in [1.165, 1.54) is 6.07 Å². The van der Waals surface area contributed by atoms with Crippen molar-refractivity contribution >= 4 is 44.3 Å². The Morgan fingerprint density at radius 1 is 0.919 bits per heavy atom. The zero-order valence-corrected chi connectivity index (χ0v) is 20.5. The molecule has 0 saturated heterocycles. The molecule has 0 bridgehead atoms. The SMILES string of the molecule is NC(=O)c1ccc2c(c1)nc(NCCNCCCCNCc1cc3cc(F)ccc3[nH]1)c1ccncc12. The van der Waals surface area contributed by atoms with E-state index in [-0.39, 0.29) is 5.82 Å². The molecule has 0 unspecified atom stereocenters. The third-order valence-corrected chi connectivity index (χ3v) is 6.39. The maximum atomic E-state index is 13.3. The molecule has 5 rings (SSSR count). The van der Waals surface area contributed by atoms with E-state index >= 15 is 0 Å². The Kier molecular flexibility index (Phi) is 7.53. The number of H-pyrrole nitrogens is 1. The number of nitrogens with zero attached hydrogens (tertiary/aromatic N) is 2. The number of benzene rings is 2. The number of pyridine rings is 2. The number of carbonyl (C=O) groups excluding carboxylic acids is 1. The van der Waals surface area contributed by atoms with Crippen molar-refractivity contribution in [2.24, 2.45) is 5.73 Å². The van der Waals surface area contributed by atoms with Crippen LogP contribution < -0.4 is 21.7 Å². The Hall–Kier alpha value is -4.08. The molecule has 0 saturated carbocycles. The molecule has 0 radical (unpaired) electrons. The normalized spacial score (nSPS) is 11.5. The van der Waals surface area contributed by atoms with E-state index < -0.39 is 5.91 Å². The van der Waals surface area contributed by atoms with Crippen LogP contribution in [0, 0.1) is 5.82 Å². The number of rotatable bonds is 12. The van der Waals surface area contributed by atoms with Crippen LogP contribution in [-0.4, -0.2) is 47.0 Å². The van der Waals surface area contributed by atoms with Crippen molar-refractivity contribution < 1.29 is 9.18 Å². The van der Waals surface area contributed by atoms with Crippen LogP contribution in [0.4, 0.5) is 10.2 Å². The van der Waals surface area contributed by atoms with Crippen molar-refractivity contribution in [2.75, 3.05) is 31.5 Å². The van der Waals surface area contributed by atoms with Gasteiger partial charge in [-0.1, -0.05) is 6.07 Å². The molecule has 0 aliphatic rings. The van der Waals surface area contributed by atoms with Gasteiger partial charge < -0.3 is 26.7 Å². The minimum Gasteiger partial charge on any atom is -0.368 e. The number of anilines is 1. The van der Waals surface area contributed by atoms with Crippen molar-refractivity contribution in [3.05, 3.63) is 78.0 Å². The molecule has 0 aliphatic heterocycles. The van der Waals surface area contributed by atoms with Gasteiger partial charge in [0.25, 0.3) is 0 Å². The van der Waals surface area contributed by atoms with Gasteiger partial charge in [0, 0.05) is 70.3 Å². The van der Waals surface area contributed by atoms with E-state index in [4.69, 9.17) is 10.7 Å². The van der Waals surface area contributed by atoms with Crippen LogP contribution in [0.1, 0.15) is 28.9 Å². The molecule has 190 valence electrons. The smallest absolute Gasteiger partial charge is 0.248 e. The molecule has 37 heavy (non-hydrogen) atoms. The molecule has 3 aromatic heterocycles. The van der Waals surface area contributed by atoms with E-state index in [1.54, 1.807) is 30.5 Å². The molecule has 6 N–H and O–H groups in total. The Morgan fingerprint density at radius 2 is 1.78 bits per heavy atom. The van der Waals surface area contributed by atoms with Gasteiger partial charge >= 0.3 is 0 Å². The second-order valence-corrected chi connectivity index (χ2v) is 9.06. The molecule has 0 atom stereocenters. The van der Waals surface area contributed by atoms with E-state index in [2.05, 4.69) is 25.9 Å². The van der Waals surface area contributed by atoms with Crippen LogP contribution in [0.25, 0.3) is 32.6 Å². The van der Waals surface area contributed by atoms with E-state index in [0.717, 1.165) is 77.6 Å². The van der Waals surface area contributed by atoms with Gasteiger partial charge in [0.15, 0.2) is 0 Å². The van der Waals surface area contributed by atoms with Gasteiger partial charge in [-0.15, -0.1) is 0 Å². The number of nitrogens with one attached hydrogen (secondary N) is 4. The highest BCUT2D eigenvalue weighted by Crippen LogP contribution is 2.29. The van der Waals surface area contributed by atoms with Gasteiger partial charge in [-0.3, -0.25) is 9.78 Å². The van der Waals surface area contributed by atoms with Crippen molar-refractivity contribution in [3.8, 4) is 0 Å². The lowest BCUT2D eigenvalue weighted by atomic mass is 10.1. The number of aromatic nitrogens is 3. The number of unbranched alkanes of at least 4 members (excludes halogenated alkanes) is 1. The highest BCUT2D eigenvalue weighted by atomic mass is 19.1. The van der Waals surface area contributed by atoms with Gasteiger partial charge in [-0.2, -0.15) is 0 Å². The second kappa shape index (κ2) is 11.3. The lowest BCUT2D eigenvalue weighted by molar-refractivity contribution is 0.100. The number of amides is 1. The van der Waals surface area contributed by atoms with Crippen molar-refractivity contribution in [3.63, 3.8) is 0 Å². The molecule has 2 aromatic carbocycles. The molecule has 0 aliphatic carbocycles. The summed E-state index contributed by atoms with van der Waals surface area (Å²) in [6.07, 6.45) is 5.69. The standard InChI is InChI=1S/C28H30FN7O/c29-20-4-6-25-19(13-20)14-21(35-25)16-32-9-2-1-8-31-11-12-34-28-23-7-10-33-17-24(23)22-5-3-18(27(30)37)15-26(22)36-28/h3-7,10,13-15,17,31-32,35H,1-2,8-9,11-12,16H2,(H2,30,37)(H,34,36). The quantitative estimate of drug-likeness (QED) is 0.130. The largest absolute Gasteiger partial charge is 0.368 e. The van der Waals surface area contributed by atoms with Gasteiger partial charge in [0.2, 0.25) is 5.91 Å². The number of aromatic amines is 1. The Morgan fingerprint density at radius 3 is 2.65 bits per heavy atom. The third-order valence-electron chi connectivity index (χ3n) is 6.39. The van der Waals surface area contributed by atoms with Crippen molar-refractivity contribution in [1.82, 2.24) is 25.6 Å². The molecule has 1 amide bonds. The van der Waals surface area contributed by atoms with Crippen molar-refractivity contribution in [2.45, 2.75) is 19.4 Å². The summed E-state index contributed by atoms with van der Waals surface area (Å²) in [6.45, 7) is 4.08. The van der Waals surface area contributed by atoms with Gasteiger partial charge in [-0.25, -0.2) is 9.37 Å². The minimum atomic E-state index is -0.474. The summed E-state index contributed by atoms with van der Waals surface area (Å²) in [5.74, 6) is 0.0716. The zero-order valence-electron chi connectivity index (χ0n) is 20.5. The van der Waals surface area contributed by atoms with Gasteiger partial charge in [0.1, 0.15) is 11.6 Å². The molecular formula is C28H30FN7O. The van der Waals surface area contributed by atoms with E-state index in [9.17, 15) is 9.18 Å². The Balaban J connectivity index is 1.05. The van der Waals surface area contributed by atoms with E-state index in [0.29, 0.717) is 17.6 Å². The number of fused-ring (bicyclic) bond motifs is 4. The molecule has 9 heteroatoms. The van der Waals surface area contributed by atoms with Crippen LogP contribution in [-0.2, 0) is 6.54 Å². The van der Waals surface area contributed by atoms with Crippen molar-refractivity contribution in [1.29, 1.82) is 0 Å². The minimum absolute atomic E-state index is 0.216. The fraction of sp³-hybridized carbons (Fsp3) is 0.250. The highest BCUT2D eigenvalue weighted by Gasteiger charge is 2.10. The first-order valence-electron chi connectivity index (χ1n) is 12.5. The molecule has 5 aromatic rings. The van der Waals surface area contributed by atoms with Crippen LogP contribution in [0.15, 0.2) is 60.9 Å². The summed E-state index contributed by atoms with van der Waals surface area (Å²) >= 11 is 0.